The Morgan fingerprint density at radius 1 is 1.38 bits per heavy atom. The second-order valence-corrected chi connectivity index (χ2v) is 4.51. The van der Waals surface area contributed by atoms with E-state index in [2.05, 4.69) is 36.1 Å². The van der Waals surface area contributed by atoms with E-state index in [-0.39, 0.29) is 11.5 Å². The van der Waals surface area contributed by atoms with Crippen LogP contribution in [0.25, 0.3) is 0 Å². The van der Waals surface area contributed by atoms with Crippen LogP contribution in [0.4, 0.5) is 0 Å². The number of hydrogen-bond acceptors (Lipinski definition) is 4. The summed E-state index contributed by atoms with van der Waals surface area (Å²) in [6.45, 7) is 6.59. The summed E-state index contributed by atoms with van der Waals surface area (Å²) < 4.78 is 5.25. The van der Waals surface area contributed by atoms with Crippen molar-refractivity contribution in [2.24, 2.45) is 5.41 Å². The van der Waals surface area contributed by atoms with Crippen LogP contribution in [-0.2, 0) is 0 Å². The van der Waals surface area contributed by atoms with E-state index in [1.165, 1.54) is 0 Å². The Balaban J connectivity index is 3.13. The zero-order chi connectivity index (χ0) is 12.2. The Kier molecular flexibility index (Phi) is 4.24. The maximum Gasteiger partial charge on any atom is 0.237 e. The molecule has 0 radical (unpaired) electrons. The van der Waals surface area contributed by atoms with Crippen LogP contribution in [0.15, 0.2) is 12.4 Å². The van der Waals surface area contributed by atoms with Gasteiger partial charge in [-0.1, -0.05) is 20.8 Å². The van der Waals surface area contributed by atoms with Crippen molar-refractivity contribution < 1.29 is 4.74 Å². The van der Waals surface area contributed by atoms with Crippen LogP contribution >= 0.6 is 0 Å². The van der Waals surface area contributed by atoms with Crippen molar-refractivity contribution in [3.63, 3.8) is 0 Å². The van der Waals surface area contributed by atoms with E-state index in [1.807, 2.05) is 7.05 Å². The Morgan fingerprint density at radius 3 is 2.50 bits per heavy atom. The molecule has 0 amide bonds. The van der Waals surface area contributed by atoms with Crippen molar-refractivity contribution in [3.05, 3.63) is 18.1 Å². The fourth-order valence-electron chi connectivity index (χ4n) is 1.79. The molecule has 0 bridgehead atoms. The summed E-state index contributed by atoms with van der Waals surface area (Å²) in [5, 5.41) is 3.30. The van der Waals surface area contributed by atoms with Crippen LogP contribution in [0.1, 0.15) is 38.9 Å². The molecule has 1 aromatic rings. The van der Waals surface area contributed by atoms with E-state index in [0.29, 0.717) is 5.88 Å². The molecule has 0 spiro atoms. The van der Waals surface area contributed by atoms with Crippen molar-refractivity contribution in [2.45, 2.75) is 33.2 Å². The molecule has 0 saturated heterocycles. The van der Waals surface area contributed by atoms with Gasteiger partial charge in [0.1, 0.15) is 5.69 Å². The molecule has 0 fully saturated rings. The van der Waals surface area contributed by atoms with Crippen molar-refractivity contribution in [1.29, 1.82) is 0 Å². The Bertz CT molecular complexity index is 339. The summed E-state index contributed by atoms with van der Waals surface area (Å²) in [4.78, 5) is 8.57. The molecule has 0 aromatic carbocycles. The highest BCUT2D eigenvalue weighted by atomic mass is 16.5. The van der Waals surface area contributed by atoms with Gasteiger partial charge >= 0.3 is 0 Å². The first-order chi connectivity index (χ1) is 7.56. The van der Waals surface area contributed by atoms with Gasteiger partial charge in [-0.15, -0.1) is 0 Å². The Morgan fingerprint density at radius 2 is 2.00 bits per heavy atom. The van der Waals surface area contributed by atoms with Crippen molar-refractivity contribution in [2.75, 3.05) is 14.2 Å². The smallest absolute Gasteiger partial charge is 0.237 e. The van der Waals surface area contributed by atoms with Crippen LogP contribution in [0, 0.1) is 5.41 Å². The highest BCUT2D eigenvalue weighted by molar-refractivity contribution is 5.23. The van der Waals surface area contributed by atoms with E-state index < -0.39 is 0 Å². The molecule has 1 aromatic heterocycles. The van der Waals surface area contributed by atoms with Crippen LogP contribution in [0.5, 0.6) is 5.88 Å². The van der Waals surface area contributed by atoms with Gasteiger partial charge in [0, 0.05) is 12.4 Å². The Labute approximate surface area is 97.5 Å². The van der Waals surface area contributed by atoms with Crippen LogP contribution in [-0.4, -0.2) is 24.1 Å². The predicted molar refractivity (Wildman–Crippen MR) is 64.5 cm³/mol. The summed E-state index contributed by atoms with van der Waals surface area (Å²) in [5.41, 5.74) is 0.984. The third kappa shape index (κ3) is 2.50. The van der Waals surface area contributed by atoms with Gasteiger partial charge in [-0.2, -0.15) is 0 Å². The average molecular weight is 223 g/mol. The zero-order valence-corrected chi connectivity index (χ0v) is 10.7. The summed E-state index contributed by atoms with van der Waals surface area (Å²) in [6, 6.07) is 0.140. The summed E-state index contributed by atoms with van der Waals surface area (Å²) in [6.07, 6.45) is 4.40. The predicted octanol–water partition coefficient (Wildman–Crippen LogP) is 2.18. The van der Waals surface area contributed by atoms with Crippen molar-refractivity contribution in [1.82, 2.24) is 15.3 Å². The largest absolute Gasteiger partial charge is 0.480 e. The maximum atomic E-state index is 5.25. The number of methoxy groups -OCH3 is 1. The summed E-state index contributed by atoms with van der Waals surface area (Å²) >= 11 is 0. The monoisotopic (exact) mass is 223 g/mol. The van der Waals surface area contributed by atoms with Gasteiger partial charge < -0.3 is 10.1 Å². The molecule has 4 heteroatoms. The molecule has 1 unspecified atom stereocenters. The summed E-state index contributed by atoms with van der Waals surface area (Å²) in [5.74, 6) is 0.600. The van der Waals surface area contributed by atoms with Crippen molar-refractivity contribution in [3.8, 4) is 5.88 Å². The second kappa shape index (κ2) is 5.25. The lowest BCUT2D eigenvalue weighted by molar-refractivity contribution is 0.232. The van der Waals surface area contributed by atoms with E-state index in [1.54, 1.807) is 19.5 Å². The third-order valence-electron chi connectivity index (χ3n) is 3.14. The van der Waals surface area contributed by atoms with Gasteiger partial charge in [-0.3, -0.25) is 4.98 Å². The fourth-order valence-corrected chi connectivity index (χ4v) is 1.79. The quantitative estimate of drug-likeness (QED) is 0.831. The molecule has 0 aliphatic carbocycles. The molecular weight excluding hydrogens is 202 g/mol. The highest BCUT2D eigenvalue weighted by Crippen LogP contribution is 2.37. The zero-order valence-electron chi connectivity index (χ0n) is 10.7. The van der Waals surface area contributed by atoms with Crippen molar-refractivity contribution >= 4 is 0 Å². The first kappa shape index (κ1) is 12.9. The fraction of sp³-hybridized carbons (Fsp3) is 0.667. The third-order valence-corrected chi connectivity index (χ3v) is 3.14. The molecule has 4 nitrogen and oxygen atoms in total. The van der Waals surface area contributed by atoms with Crippen LogP contribution < -0.4 is 10.1 Å². The lowest BCUT2D eigenvalue weighted by Crippen LogP contribution is -2.32. The lowest BCUT2D eigenvalue weighted by Gasteiger charge is -2.33. The van der Waals surface area contributed by atoms with E-state index in [4.69, 9.17) is 4.74 Å². The molecule has 16 heavy (non-hydrogen) atoms. The molecule has 1 N–H and O–H groups in total. The molecule has 0 aliphatic rings. The van der Waals surface area contributed by atoms with Crippen LogP contribution in [0.3, 0.4) is 0 Å². The highest BCUT2D eigenvalue weighted by Gasteiger charge is 2.31. The SMILES string of the molecule is CCC(C)(C)C(NC)c1nccnc1OC. The second-order valence-electron chi connectivity index (χ2n) is 4.51. The number of nitrogens with one attached hydrogen (secondary N) is 1. The topological polar surface area (TPSA) is 47.0 Å². The number of aromatic nitrogens is 2. The van der Waals surface area contributed by atoms with Gasteiger partial charge in [0.2, 0.25) is 5.88 Å². The van der Waals surface area contributed by atoms with Gasteiger partial charge in [0.05, 0.1) is 13.2 Å². The minimum Gasteiger partial charge on any atom is -0.480 e. The molecule has 0 aliphatic heterocycles. The maximum absolute atomic E-state index is 5.25. The molecule has 1 heterocycles. The first-order valence-electron chi connectivity index (χ1n) is 5.59. The molecule has 1 atom stereocenters. The minimum absolute atomic E-state index is 0.109. The van der Waals surface area contributed by atoms with E-state index >= 15 is 0 Å². The van der Waals surface area contributed by atoms with Gasteiger partial charge in [0.15, 0.2) is 0 Å². The van der Waals surface area contributed by atoms with Crippen LogP contribution in [0.2, 0.25) is 0 Å². The molecular formula is C12H21N3O. The summed E-state index contributed by atoms with van der Waals surface area (Å²) in [7, 11) is 3.56. The minimum atomic E-state index is 0.109. The standard InChI is InChI=1S/C12H21N3O/c1-6-12(2,3)10(13-4)9-11(16-5)15-8-7-14-9/h7-8,10,13H,6H2,1-5H3. The number of ether oxygens (including phenoxy) is 1. The first-order valence-corrected chi connectivity index (χ1v) is 5.59. The molecule has 90 valence electrons. The van der Waals surface area contributed by atoms with E-state index in [0.717, 1.165) is 12.1 Å². The van der Waals surface area contributed by atoms with E-state index in [9.17, 15) is 0 Å². The lowest BCUT2D eigenvalue weighted by atomic mass is 9.80. The van der Waals surface area contributed by atoms with Gasteiger partial charge in [-0.05, 0) is 18.9 Å². The average Bonchev–Trinajstić information content (AvgIpc) is 2.30. The number of rotatable bonds is 5. The number of nitrogens with zero attached hydrogens (tertiary/aromatic N) is 2. The van der Waals surface area contributed by atoms with Gasteiger partial charge in [0.25, 0.3) is 0 Å². The molecule has 0 saturated carbocycles. The molecule has 1 rings (SSSR count). The number of hydrogen-bond donors (Lipinski definition) is 1. The Hall–Kier alpha value is -1.16. The van der Waals surface area contributed by atoms with Gasteiger partial charge in [-0.25, -0.2) is 4.98 Å². The normalized spacial score (nSPS) is 13.6.